The van der Waals surface area contributed by atoms with Crippen molar-refractivity contribution in [2.24, 2.45) is 17.3 Å². The predicted octanol–water partition coefficient (Wildman–Crippen LogP) is 1.60. The third-order valence-corrected chi connectivity index (χ3v) is 3.35. The number of rotatable bonds is 3. The molecule has 0 radical (unpaired) electrons. The van der Waals surface area contributed by atoms with Crippen molar-refractivity contribution >= 4 is 11.9 Å². The van der Waals surface area contributed by atoms with Crippen LogP contribution in [-0.2, 0) is 9.59 Å². The molecule has 0 unspecified atom stereocenters. The van der Waals surface area contributed by atoms with Gasteiger partial charge in [0.2, 0.25) is 0 Å². The SMILES string of the molecule is CC(C)(C(=O)O)[C@H]1CC[C@@H](C(=O)O)C1. The van der Waals surface area contributed by atoms with Crippen molar-refractivity contribution in [2.75, 3.05) is 0 Å². The Labute approximate surface area is 82.9 Å². The van der Waals surface area contributed by atoms with Gasteiger partial charge in [-0.15, -0.1) is 0 Å². The molecule has 0 amide bonds. The normalized spacial score (nSPS) is 27.6. The van der Waals surface area contributed by atoms with Gasteiger partial charge in [-0.1, -0.05) is 0 Å². The zero-order chi connectivity index (χ0) is 10.9. The summed E-state index contributed by atoms with van der Waals surface area (Å²) in [5.41, 5.74) is -0.801. The van der Waals surface area contributed by atoms with Crippen LogP contribution in [0.5, 0.6) is 0 Å². The largest absolute Gasteiger partial charge is 0.481 e. The summed E-state index contributed by atoms with van der Waals surface area (Å²) >= 11 is 0. The average molecular weight is 200 g/mol. The summed E-state index contributed by atoms with van der Waals surface area (Å²) < 4.78 is 0. The molecule has 0 aliphatic heterocycles. The Morgan fingerprint density at radius 1 is 1.21 bits per heavy atom. The molecule has 2 N–H and O–H groups in total. The van der Waals surface area contributed by atoms with Crippen LogP contribution in [0.3, 0.4) is 0 Å². The Morgan fingerprint density at radius 2 is 1.79 bits per heavy atom. The number of hydrogen-bond donors (Lipinski definition) is 2. The van der Waals surface area contributed by atoms with Crippen LogP contribution in [0, 0.1) is 17.3 Å². The smallest absolute Gasteiger partial charge is 0.309 e. The molecular formula is C10H16O4. The van der Waals surface area contributed by atoms with E-state index in [1.165, 1.54) is 0 Å². The lowest BCUT2D eigenvalue weighted by molar-refractivity contribution is -0.151. The summed E-state index contributed by atoms with van der Waals surface area (Å²) in [6, 6.07) is 0. The highest BCUT2D eigenvalue weighted by Crippen LogP contribution is 2.42. The Hall–Kier alpha value is -1.06. The highest BCUT2D eigenvalue weighted by atomic mass is 16.4. The lowest BCUT2D eigenvalue weighted by Gasteiger charge is -2.26. The van der Waals surface area contributed by atoms with E-state index in [1.807, 2.05) is 0 Å². The van der Waals surface area contributed by atoms with E-state index < -0.39 is 17.4 Å². The van der Waals surface area contributed by atoms with Crippen molar-refractivity contribution in [3.05, 3.63) is 0 Å². The molecule has 2 atom stereocenters. The molecule has 0 bridgehead atoms. The van der Waals surface area contributed by atoms with Crippen LogP contribution in [0.2, 0.25) is 0 Å². The number of hydrogen-bond acceptors (Lipinski definition) is 2. The average Bonchev–Trinajstić information content (AvgIpc) is 2.51. The van der Waals surface area contributed by atoms with E-state index in [2.05, 4.69) is 0 Å². The van der Waals surface area contributed by atoms with Crippen molar-refractivity contribution in [2.45, 2.75) is 33.1 Å². The molecule has 1 aliphatic rings. The Balaban J connectivity index is 2.66. The fourth-order valence-corrected chi connectivity index (χ4v) is 2.04. The van der Waals surface area contributed by atoms with Gasteiger partial charge in [-0.2, -0.15) is 0 Å². The van der Waals surface area contributed by atoms with Crippen LogP contribution < -0.4 is 0 Å². The highest BCUT2D eigenvalue weighted by molar-refractivity contribution is 5.75. The predicted molar refractivity (Wildman–Crippen MR) is 49.9 cm³/mol. The van der Waals surface area contributed by atoms with Gasteiger partial charge in [0.25, 0.3) is 0 Å². The van der Waals surface area contributed by atoms with E-state index >= 15 is 0 Å². The molecule has 0 heterocycles. The fraction of sp³-hybridized carbons (Fsp3) is 0.800. The van der Waals surface area contributed by atoms with E-state index in [0.29, 0.717) is 19.3 Å². The molecule has 14 heavy (non-hydrogen) atoms. The zero-order valence-corrected chi connectivity index (χ0v) is 8.49. The molecule has 0 aromatic heterocycles. The van der Waals surface area contributed by atoms with Crippen LogP contribution in [-0.4, -0.2) is 22.2 Å². The third-order valence-electron chi connectivity index (χ3n) is 3.35. The van der Waals surface area contributed by atoms with Crippen molar-refractivity contribution in [1.82, 2.24) is 0 Å². The Morgan fingerprint density at radius 3 is 2.14 bits per heavy atom. The van der Waals surface area contributed by atoms with Crippen molar-refractivity contribution in [1.29, 1.82) is 0 Å². The van der Waals surface area contributed by atoms with Gasteiger partial charge in [-0.05, 0) is 39.0 Å². The van der Waals surface area contributed by atoms with E-state index in [-0.39, 0.29) is 11.8 Å². The maximum atomic E-state index is 10.9. The minimum Gasteiger partial charge on any atom is -0.481 e. The van der Waals surface area contributed by atoms with Crippen molar-refractivity contribution in [3.8, 4) is 0 Å². The van der Waals surface area contributed by atoms with E-state index in [4.69, 9.17) is 10.2 Å². The summed E-state index contributed by atoms with van der Waals surface area (Å²) in [6.07, 6.45) is 1.81. The molecule has 1 rings (SSSR count). The molecule has 1 fully saturated rings. The van der Waals surface area contributed by atoms with Gasteiger partial charge in [0, 0.05) is 0 Å². The first-order valence-corrected chi connectivity index (χ1v) is 4.82. The van der Waals surface area contributed by atoms with Gasteiger partial charge >= 0.3 is 11.9 Å². The van der Waals surface area contributed by atoms with Crippen molar-refractivity contribution < 1.29 is 19.8 Å². The lowest BCUT2D eigenvalue weighted by Crippen LogP contribution is -2.31. The summed E-state index contributed by atoms with van der Waals surface area (Å²) in [6.45, 7) is 3.34. The second kappa shape index (κ2) is 3.59. The van der Waals surface area contributed by atoms with Gasteiger partial charge < -0.3 is 10.2 Å². The molecule has 0 saturated heterocycles. The quantitative estimate of drug-likeness (QED) is 0.725. The van der Waals surface area contributed by atoms with Crippen LogP contribution in [0.4, 0.5) is 0 Å². The number of carbonyl (C=O) groups is 2. The van der Waals surface area contributed by atoms with Gasteiger partial charge in [0.15, 0.2) is 0 Å². The van der Waals surface area contributed by atoms with Crippen molar-refractivity contribution in [3.63, 3.8) is 0 Å². The highest BCUT2D eigenvalue weighted by Gasteiger charge is 2.42. The van der Waals surface area contributed by atoms with Gasteiger partial charge in [-0.25, -0.2) is 0 Å². The molecule has 0 aromatic rings. The van der Waals surface area contributed by atoms with E-state index in [0.717, 1.165) is 0 Å². The molecule has 0 spiro atoms. The second-order valence-corrected chi connectivity index (χ2v) is 4.57. The molecule has 1 aliphatic carbocycles. The maximum Gasteiger partial charge on any atom is 0.309 e. The zero-order valence-electron chi connectivity index (χ0n) is 8.49. The molecular weight excluding hydrogens is 184 g/mol. The monoisotopic (exact) mass is 200 g/mol. The van der Waals surface area contributed by atoms with Crippen LogP contribution in [0.15, 0.2) is 0 Å². The first-order chi connectivity index (χ1) is 6.35. The third kappa shape index (κ3) is 1.89. The molecule has 4 nitrogen and oxygen atoms in total. The molecule has 0 aromatic carbocycles. The minimum absolute atomic E-state index is 0.0129. The van der Waals surface area contributed by atoms with Gasteiger partial charge in [0.1, 0.15) is 0 Å². The second-order valence-electron chi connectivity index (χ2n) is 4.57. The van der Waals surface area contributed by atoms with Gasteiger partial charge in [0.05, 0.1) is 11.3 Å². The first kappa shape index (κ1) is 11.0. The summed E-state index contributed by atoms with van der Waals surface area (Å²) in [5, 5.41) is 17.8. The topological polar surface area (TPSA) is 74.6 Å². The van der Waals surface area contributed by atoms with Crippen LogP contribution >= 0.6 is 0 Å². The molecule has 80 valence electrons. The van der Waals surface area contributed by atoms with Gasteiger partial charge in [-0.3, -0.25) is 9.59 Å². The van der Waals surface area contributed by atoms with Crippen LogP contribution in [0.25, 0.3) is 0 Å². The standard InChI is InChI=1S/C10H16O4/c1-10(2,9(13)14)7-4-3-6(5-7)8(11)12/h6-7H,3-5H2,1-2H3,(H,11,12)(H,13,14)/t6-,7+/m1/s1. The number of carboxylic acids is 2. The Bertz CT molecular complexity index is 257. The van der Waals surface area contributed by atoms with Crippen LogP contribution in [0.1, 0.15) is 33.1 Å². The minimum atomic E-state index is -0.839. The summed E-state index contributed by atoms with van der Waals surface area (Å²) in [4.78, 5) is 21.6. The van der Waals surface area contributed by atoms with E-state index in [1.54, 1.807) is 13.8 Å². The first-order valence-electron chi connectivity index (χ1n) is 4.82. The Kier molecular flexibility index (Phi) is 2.83. The lowest BCUT2D eigenvalue weighted by atomic mass is 9.77. The fourth-order valence-electron chi connectivity index (χ4n) is 2.04. The summed E-state index contributed by atoms with van der Waals surface area (Å²) in [5.74, 6) is -2.00. The maximum absolute atomic E-state index is 10.9. The molecule has 4 heteroatoms. The summed E-state index contributed by atoms with van der Waals surface area (Å²) in [7, 11) is 0. The van der Waals surface area contributed by atoms with E-state index in [9.17, 15) is 9.59 Å². The molecule has 1 saturated carbocycles. The number of aliphatic carboxylic acids is 2. The number of carboxylic acid groups (broad SMARTS) is 2.